The van der Waals surface area contributed by atoms with E-state index in [2.05, 4.69) is 4.98 Å². The van der Waals surface area contributed by atoms with Crippen LogP contribution in [-0.4, -0.2) is 21.8 Å². The van der Waals surface area contributed by atoms with Gasteiger partial charge in [0, 0.05) is 17.3 Å². The number of ketones is 1. The van der Waals surface area contributed by atoms with Crippen LogP contribution in [0.15, 0.2) is 78.6 Å². The molecule has 0 radical (unpaired) electrons. The lowest BCUT2D eigenvalue weighted by molar-refractivity contribution is -0.132. The van der Waals surface area contributed by atoms with Crippen molar-refractivity contribution in [2.45, 2.75) is 13.0 Å². The second kappa shape index (κ2) is 7.31. The number of aliphatic hydroxyl groups is 1. The Kier molecular flexibility index (Phi) is 4.68. The highest BCUT2D eigenvalue weighted by Gasteiger charge is 2.47. The Morgan fingerprint density at radius 1 is 1.03 bits per heavy atom. The first-order chi connectivity index (χ1) is 14.0. The van der Waals surface area contributed by atoms with Crippen LogP contribution in [0.2, 0.25) is 0 Å². The summed E-state index contributed by atoms with van der Waals surface area (Å²) in [6.07, 6.45) is 2.95. The summed E-state index contributed by atoms with van der Waals surface area (Å²) in [6, 6.07) is 14.9. The highest BCUT2D eigenvalue weighted by atomic mass is 19.1. The highest BCUT2D eigenvalue weighted by molar-refractivity contribution is 6.51. The first kappa shape index (κ1) is 18.6. The van der Waals surface area contributed by atoms with E-state index in [9.17, 15) is 19.1 Å². The highest BCUT2D eigenvalue weighted by Crippen LogP contribution is 2.42. The zero-order valence-electron chi connectivity index (χ0n) is 15.5. The van der Waals surface area contributed by atoms with Gasteiger partial charge in [-0.15, -0.1) is 0 Å². The molecule has 1 unspecified atom stereocenters. The molecule has 2 aromatic carbocycles. The number of nitrogens with zero attached hydrogens (tertiary/aromatic N) is 2. The number of aryl methyl sites for hydroxylation is 1. The summed E-state index contributed by atoms with van der Waals surface area (Å²) in [7, 11) is 0. The van der Waals surface area contributed by atoms with E-state index in [1.54, 1.807) is 42.5 Å². The lowest BCUT2D eigenvalue weighted by atomic mass is 9.94. The van der Waals surface area contributed by atoms with Gasteiger partial charge in [0.2, 0.25) is 0 Å². The lowest BCUT2D eigenvalue weighted by Crippen LogP contribution is -2.29. The molecule has 1 amide bonds. The predicted octanol–water partition coefficient (Wildman–Crippen LogP) is 4.16. The van der Waals surface area contributed by atoms with Gasteiger partial charge in [0.15, 0.2) is 0 Å². The Morgan fingerprint density at radius 3 is 2.41 bits per heavy atom. The van der Waals surface area contributed by atoms with Crippen molar-refractivity contribution in [3.8, 4) is 0 Å². The number of Topliss-reactive ketones (excluding diaryl/α,β-unsaturated/α-hetero) is 1. The summed E-state index contributed by atoms with van der Waals surface area (Å²) >= 11 is 0. The average molecular weight is 388 g/mol. The van der Waals surface area contributed by atoms with Gasteiger partial charge in [-0.3, -0.25) is 19.5 Å². The Hall–Kier alpha value is -3.80. The fourth-order valence-electron chi connectivity index (χ4n) is 3.45. The number of aliphatic hydroxyl groups excluding tert-OH is 1. The Labute approximate surface area is 166 Å². The van der Waals surface area contributed by atoms with Crippen LogP contribution in [-0.2, 0) is 9.59 Å². The molecule has 1 saturated heterocycles. The topological polar surface area (TPSA) is 70.5 Å². The molecular weight excluding hydrogens is 371 g/mol. The molecule has 0 aliphatic carbocycles. The molecule has 1 aromatic heterocycles. The van der Waals surface area contributed by atoms with Gasteiger partial charge in [-0.05, 0) is 25.1 Å². The third-order valence-electron chi connectivity index (χ3n) is 4.89. The molecule has 144 valence electrons. The molecule has 1 fully saturated rings. The van der Waals surface area contributed by atoms with E-state index < -0.39 is 23.5 Å². The largest absolute Gasteiger partial charge is 0.507 e. The number of carbonyl (C=O) groups is 2. The van der Waals surface area contributed by atoms with E-state index in [0.717, 1.165) is 5.56 Å². The van der Waals surface area contributed by atoms with Crippen molar-refractivity contribution in [3.63, 3.8) is 0 Å². The maximum atomic E-state index is 14.7. The number of rotatable bonds is 3. The number of benzene rings is 2. The summed E-state index contributed by atoms with van der Waals surface area (Å²) in [6.45, 7) is 1.89. The first-order valence-corrected chi connectivity index (χ1v) is 9.01. The van der Waals surface area contributed by atoms with Crippen molar-refractivity contribution in [2.24, 2.45) is 0 Å². The van der Waals surface area contributed by atoms with Crippen molar-refractivity contribution in [2.75, 3.05) is 4.90 Å². The van der Waals surface area contributed by atoms with Crippen LogP contribution in [0, 0.1) is 12.7 Å². The van der Waals surface area contributed by atoms with Crippen LogP contribution < -0.4 is 4.90 Å². The van der Waals surface area contributed by atoms with E-state index in [4.69, 9.17) is 0 Å². The van der Waals surface area contributed by atoms with Crippen LogP contribution in [0.1, 0.15) is 22.7 Å². The lowest BCUT2D eigenvalue weighted by Gasteiger charge is -2.25. The van der Waals surface area contributed by atoms with Gasteiger partial charge in [0.1, 0.15) is 11.6 Å². The number of carbonyl (C=O) groups excluding carboxylic acids is 2. The van der Waals surface area contributed by atoms with Crippen LogP contribution in [0.25, 0.3) is 5.76 Å². The van der Waals surface area contributed by atoms with Crippen LogP contribution >= 0.6 is 0 Å². The van der Waals surface area contributed by atoms with Gasteiger partial charge < -0.3 is 5.11 Å². The molecule has 6 heteroatoms. The van der Waals surface area contributed by atoms with E-state index >= 15 is 0 Å². The van der Waals surface area contributed by atoms with Crippen molar-refractivity contribution in [1.82, 2.24) is 4.98 Å². The summed E-state index contributed by atoms with van der Waals surface area (Å²) in [5.41, 5.74) is 1.65. The van der Waals surface area contributed by atoms with E-state index in [1.807, 2.05) is 6.92 Å². The third-order valence-corrected chi connectivity index (χ3v) is 4.89. The monoisotopic (exact) mass is 388 g/mol. The molecular formula is C23H17FN2O3. The van der Waals surface area contributed by atoms with E-state index in [1.165, 1.54) is 35.5 Å². The molecule has 5 nitrogen and oxygen atoms in total. The van der Waals surface area contributed by atoms with Gasteiger partial charge in [0.05, 0.1) is 23.5 Å². The maximum absolute atomic E-state index is 14.7. The molecule has 0 saturated carbocycles. The Bertz CT molecular complexity index is 1120. The minimum atomic E-state index is -1.11. The second-order valence-electron chi connectivity index (χ2n) is 6.77. The smallest absolute Gasteiger partial charge is 0.300 e. The molecule has 0 bridgehead atoms. The van der Waals surface area contributed by atoms with E-state index in [-0.39, 0.29) is 16.9 Å². The van der Waals surface area contributed by atoms with Crippen molar-refractivity contribution in [3.05, 3.63) is 101 Å². The molecule has 1 aliphatic heterocycles. The molecule has 4 rings (SSSR count). The molecule has 1 atom stereocenters. The predicted molar refractivity (Wildman–Crippen MR) is 107 cm³/mol. The first-order valence-electron chi connectivity index (χ1n) is 9.01. The second-order valence-corrected chi connectivity index (χ2v) is 6.77. The maximum Gasteiger partial charge on any atom is 0.300 e. The Morgan fingerprint density at radius 2 is 1.76 bits per heavy atom. The Balaban J connectivity index is 1.97. The van der Waals surface area contributed by atoms with Crippen LogP contribution in [0.3, 0.4) is 0 Å². The zero-order chi connectivity index (χ0) is 20.5. The summed E-state index contributed by atoms with van der Waals surface area (Å²) < 4.78 is 14.7. The van der Waals surface area contributed by atoms with Gasteiger partial charge in [-0.1, -0.05) is 48.0 Å². The van der Waals surface area contributed by atoms with Crippen molar-refractivity contribution >= 4 is 23.1 Å². The normalized spacial score (nSPS) is 18.3. The molecule has 29 heavy (non-hydrogen) atoms. The van der Waals surface area contributed by atoms with Gasteiger partial charge in [0.25, 0.3) is 11.7 Å². The molecule has 1 aliphatic rings. The SMILES string of the molecule is Cc1ccc(/C(O)=C2/C(=O)C(=O)N(c3cccnc3)C2c2ccccc2F)cc1. The third kappa shape index (κ3) is 3.18. The molecule has 0 spiro atoms. The van der Waals surface area contributed by atoms with Crippen molar-refractivity contribution < 1.29 is 19.1 Å². The number of pyridine rings is 1. The zero-order valence-corrected chi connectivity index (χ0v) is 15.5. The number of hydrogen-bond donors (Lipinski definition) is 1. The number of amides is 1. The minimum Gasteiger partial charge on any atom is -0.507 e. The minimum absolute atomic E-state index is 0.115. The number of anilines is 1. The quantitative estimate of drug-likeness (QED) is 0.416. The number of aromatic nitrogens is 1. The van der Waals surface area contributed by atoms with Gasteiger partial charge in [-0.2, -0.15) is 0 Å². The number of hydrogen-bond acceptors (Lipinski definition) is 4. The fraction of sp³-hybridized carbons (Fsp3) is 0.0870. The van der Waals surface area contributed by atoms with Crippen LogP contribution in [0.4, 0.5) is 10.1 Å². The summed E-state index contributed by atoms with van der Waals surface area (Å²) in [5.74, 6) is -2.65. The number of halogens is 1. The average Bonchev–Trinajstić information content (AvgIpc) is 3.00. The standard InChI is InChI=1S/C23H17FN2O3/c1-14-8-10-15(11-9-14)21(27)19-20(17-6-2-3-7-18(17)24)26(23(29)22(19)28)16-5-4-12-25-13-16/h2-13,20,27H,1H3/b21-19-. The van der Waals surface area contributed by atoms with Gasteiger partial charge >= 0.3 is 0 Å². The van der Waals surface area contributed by atoms with Crippen molar-refractivity contribution in [1.29, 1.82) is 0 Å². The molecule has 3 aromatic rings. The summed E-state index contributed by atoms with van der Waals surface area (Å²) in [4.78, 5) is 31.0. The van der Waals surface area contributed by atoms with Crippen LogP contribution in [0.5, 0.6) is 0 Å². The molecule has 2 heterocycles. The molecule has 1 N–H and O–H groups in total. The van der Waals surface area contributed by atoms with E-state index in [0.29, 0.717) is 11.3 Å². The summed E-state index contributed by atoms with van der Waals surface area (Å²) in [5, 5.41) is 10.9. The fourth-order valence-corrected chi connectivity index (χ4v) is 3.45. The van der Waals surface area contributed by atoms with Gasteiger partial charge in [-0.25, -0.2) is 4.39 Å².